The molecular weight excluding hydrogens is 370 g/mol. The lowest BCUT2D eigenvalue weighted by molar-refractivity contribution is 0.102. The van der Waals surface area contributed by atoms with E-state index in [1.54, 1.807) is 23.5 Å². The SMILES string of the molecule is CCN(CC)c1ccc(NC(=O)c2cccc(OCc3csc(C)n3)c2)cc1. The maximum atomic E-state index is 12.6. The molecule has 146 valence electrons. The van der Waals surface area contributed by atoms with Crippen LogP contribution in [0.2, 0.25) is 0 Å². The number of anilines is 2. The van der Waals surface area contributed by atoms with Crippen LogP contribution in [-0.2, 0) is 6.61 Å². The van der Waals surface area contributed by atoms with Gasteiger partial charge >= 0.3 is 0 Å². The highest BCUT2D eigenvalue weighted by Crippen LogP contribution is 2.20. The Morgan fingerprint density at radius 3 is 2.54 bits per heavy atom. The molecule has 0 aliphatic rings. The van der Waals surface area contributed by atoms with Crippen LogP contribution in [0.4, 0.5) is 11.4 Å². The van der Waals surface area contributed by atoms with Gasteiger partial charge in [-0.3, -0.25) is 4.79 Å². The van der Waals surface area contributed by atoms with Crippen molar-refractivity contribution in [2.75, 3.05) is 23.3 Å². The van der Waals surface area contributed by atoms with E-state index in [4.69, 9.17) is 4.74 Å². The Morgan fingerprint density at radius 1 is 1.14 bits per heavy atom. The Kier molecular flexibility index (Phi) is 6.66. The summed E-state index contributed by atoms with van der Waals surface area (Å²) in [6.07, 6.45) is 0. The Morgan fingerprint density at radius 2 is 1.89 bits per heavy atom. The fourth-order valence-corrected chi connectivity index (χ4v) is 3.50. The van der Waals surface area contributed by atoms with Crippen LogP contribution in [0.3, 0.4) is 0 Å². The van der Waals surface area contributed by atoms with E-state index in [2.05, 4.69) is 29.0 Å². The van der Waals surface area contributed by atoms with E-state index in [1.807, 2.05) is 48.7 Å². The molecule has 0 saturated carbocycles. The van der Waals surface area contributed by atoms with E-state index in [1.165, 1.54) is 0 Å². The molecule has 1 aromatic heterocycles. The predicted octanol–water partition coefficient (Wildman–Crippen LogP) is 5.13. The normalized spacial score (nSPS) is 10.5. The van der Waals surface area contributed by atoms with Crippen LogP contribution in [0, 0.1) is 6.92 Å². The van der Waals surface area contributed by atoms with Crippen molar-refractivity contribution in [1.82, 2.24) is 4.98 Å². The topological polar surface area (TPSA) is 54.5 Å². The van der Waals surface area contributed by atoms with Crippen molar-refractivity contribution in [2.24, 2.45) is 0 Å². The van der Waals surface area contributed by atoms with Crippen molar-refractivity contribution in [2.45, 2.75) is 27.4 Å². The second-order valence-corrected chi connectivity index (χ2v) is 7.41. The van der Waals surface area contributed by atoms with Gasteiger partial charge in [-0.05, 0) is 63.2 Å². The summed E-state index contributed by atoms with van der Waals surface area (Å²) in [5, 5.41) is 5.93. The van der Waals surface area contributed by atoms with Crippen molar-refractivity contribution in [3.63, 3.8) is 0 Å². The minimum Gasteiger partial charge on any atom is -0.487 e. The third kappa shape index (κ3) is 5.10. The molecular formula is C22H25N3O2S. The maximum Gasteiger partial charge on any atom is 0.255 e. The van der Waals surface area contributed by atoms with Crippen LogP contribution in [-0.4, -0.2) is 24.0 Å². The summed E-state index contributed by atoms with van der Waals surface area (Å²) in [6, 6.07) is 15.1. The van der Waals surface area contributed by atoms with Crippen LogP contribution in [0.25, 0.3) is 0 Å². The number of rotatable bonds is 8. The fourth-order valence-electron chi connectivity index (χ4n) is 2.91. The molecule has 1 amide bonds. The summed E-state index contributed by atoms with van der Waals surface area (Å²) in [5.41, 5.74) is 3.37. The molecule has 0 aliphatic carbocycles. The minimum absolute atomic E-state index is 0.162. The second kappa shape index (κ2) is 9.37. The van der Waals surface area contributed by atoms with Crippen LogP contribution in [0.1, 0.15) is 34.9 Å². The lowest BCUT2D eigenvalue weighted by Crippen LogP contribution is -2.21. The lowest BCUT2D eigenvalue weighted by Gasteiger charge is -2.21. The van der Waals surface area contributed by atoms with Crippen molar-refractivity contribution in [3.8, 4) is 5.75 Å². The monoisotopic (exact) mass is 395 g/mol. The van der Waals surface area contributed by atoms with Crippen LogP contribution < -0.4 is 15.0 Å². The zero-order valence-electron chi connectivity index (χ0n) is 16.4. The molecule has 6 heteroatoms. The number of hydrogen-bond donors (Lipinski definition) is 1. The van der Waals surface area contributed by atoms with Gasteiger partial charge in [0.05, 0.1) is 10.7 Å². The van der Waals surface area contributed by atoms with E-state index < -0.39 is 0 Å². The molecule has 0 aliphatic heterocycles. The number of ether oxygens (including phenoxy) is 1. The molecule has 1 heterocycles. The van der Waals surface area contributed by atoms with Crippen molar-refractivity contribution >= 4 is 28.6 Å². The molecule has 1 N–H and O–H groups in total. The van der Waals surface area contributed by atoms with Crippen molar-refractivity contribution in [1.29, 1.82) is 0 Å². The standard InChI is InChI=1S/C22H25N3O2S/c1-4-25(5-2)20-11-9-18(10-12-20)24-22(26)17-7-6-8-21(13-17)27-14-19-15-28-16(3)23-19/h6-13,15H,4-5,14H2,1-3H3,(H,24,26). The van der Waals surface area contributed by atoms with Gasteiger partial charge < -0.3 is 15.0 Å². The zero-order valence-corrected chi connectivity index (χ0v) is 17.3. The first-order chi connectivity index (χ1) is 13.6. The third-order valence-corrected chi connectivity index (χ3v) is 5.23. The third-order valence-electron chi connectivity index (χ3n) is 4.40. The number of hydrogen-bond acceptors (Lipinski definition) is 5. The predicted molar refractivity (Wildman–Crippen MR) is 116 cm³/mol. The number of aryl methyl sites for hydroxylation is 1. The molecule has 5 nitrogen and oxygen atoms in total. The molecule has 2 aromatic carbocycles. The summed E-state index contributed by atoms with van der Waals surface area (Å²) < 4.78 is 5.77. The molecule has 0 bridgehead atoms. The number of nitrogens with one attached hydrogen (secondary N) is 1. The fraction of sp³-hybridized carbons (Fsp3) is 0.273. The van der Waals surface area contributed by atoms with Gasteiger partial charge in [0.25, 0.3) is 5.91 Å². The van der Waals surface area contributed by atoms with E-state index in [0.29, 0.717) is 17.9 Å². The molecule has 0 unspecified atom stereocenters. The van der Waals surface area contributed by atoms with E-state index in [9.17, 15) is 4.79 Å². The highest BCUT2D eigenvalue weighted by Gasteiger charge is 2.09. The van der Waals surface area contributed by atoms with Crippen molar-refractivity contribution < 1.29 is 9.53 Å². The summed E-state index contributed by atoms with van der Waals surface area (Å²) in [4.78, 5) is 19.2. The van der Waals surface area contributed by atoms with Crippen LogP contribution in [0.15, 0.2) is 53.9 Å². The first kappa shape index (κ1) is 19.9. The summed E-state index contributed by atoms with van der Waals surface area (Å²) in [6.45, 7) is 8.52. The smallest absolute Gasteiger partial charge is 0.255 e. The molecule has 0 saturated heterocycles. The van der Waals surface area contributed by atoms with Gasteiger partial charge in [0.1, 0.15) is 12.4 Å². The molecule has 0 atom stereocenters. The first-order valence-corrected chi connectivity index (χ1v) is 10.3. The number of thiazole rings is 1. The molecule has 3 rings (SSSR count). The van der Waals surface area contributed by atoms with Crippen molar-refractivity contribution in [3.05, 3.63) is 70.2 Å². The number of aromatic nitrogens is 1. The number of carbonyl (C=O) groups is 1. The highest BCUT2D eigenvalue weighted by molar-refractivity contribution is 7.09. The number of amides is 1. The summed E-state index contributed by atoms with van der Waals surface area (Å²) in [7, 11) is 0. The average Bonchev–Trinajstić information content (AvgIpc) is 3.14. The van der Waals surface area contributed by atoms with Gasteiger partial charge in [0, 0.05) is 35.4 Å². The number of benzene rings is 2. The Labute approximate surface area is 170 Å². The van der Waals surface area contributed by atoms with Crippen LogP contribution >= 0.6 is 11.3 Å². The van der Waals surface area contributed by atoms with Gasteiger partial charge in [-0.25, -0.2) is 4.98 Å². The zero-order chi connectivity index (χ0) is 19.9. The van der Waals surface area contributed by atoms with Gasteiger partial charge in [-0.15, -0.1) is 11.3 Å². The molecule has 3 aromatic rings. The van der Waals surface area contributed by atoms with Crippen LogP contribution in [0.5, 0.6) is 5.75 Å². The molecule has 0 radical (unpaired) electrons. The Balaban J connectivity index is 1.62. The largest absolute Gasteiger partial charge is 0.487 e. The van der Waals surface area contributed by atoms with E-state index in [0.717, 1.165) is 35.2 Å². The Hall–Kier alpha value is -2.86. The van der Waals surface area contributed by atoms with Gasteiger partial charge in [-0.1, -0.05) is 6.07 Å². The quantitative estimate of drug-likeness (QED) is 0.574. The maximum absolute atomic E-state index is 12.6. The summed E-state index contributed by atoms with van der Waals surface area (Å²) >= 11 is 1.60. The first-order valence-electron chi connectivity index (χ1n) is 9.39. The Bertz CT molecular complexity index is 918. The minimum atomic E-state index is -0.162. The average molecular weight is 396 g/mol. The number of carbonyl (C=O) groups excluding carboxylic acids is 1. The lowest BCUT2D eigenvalue weighted by atomic mass is 10.2. The van der Waals surface area contributed by atoms with E-state index >= 15 is 0 Å². The molecule has 0 fully saturated rings. The molecule has 28 heavy (non-hydrogen) atoms. The number of nitrogens with zero attached hydrogens (tertiary/aromatic N) is 2. The van der Waals surface area contributed by atoms with E-state index in [-0.39, 0.29) is 5.91 Å². The molecule has 0 spiro atoms. The van der Waals surface area contributed by atoms with Gasteiger partial charge in [0.15, 0.2) is 0 Å². The highest BCUT2D eigenvalue weighted by atomic mass is 32.1. The second-order valence-electron chi connectivity index (χ2n) is 6.35. The van der Waals surface area contributed by atoms with Gasteiger partial charge in [0.2, 0.25) is 0 Å². The summed E-state index contributed by atoms with van der Waals surface area (Å²) in [5.74, 6) is 0.487. The van der Waals surface area contributed by atoms with Gasteiger partial charge in [-0.2, -0.15) is 0 Å².